The lowest BCUT2D eigenvalue weighted by Gasteiger charge is -2.12. The van der Waals surface area contributed by atoms with E-state index in [0.29, 0.717) is 31.1 Å². The monoisotopic (exact) mass is 667 g/mol. The number of fused-ring (bicyclic) bond motifs is 10. The first kappa shape index (κ1) is 30.1. The highest BCUT2D eigenvalue weighted by Crippen LogP contribution is 2.43. The first-order valence-electron chi connectivity index (χ1n) is 15.9. The van der Waals surface area contributed by atoms with E-state index in [1.807, 2.05) is 43.0 Å². The SMILES string of the molecule is Cn1nc2cc1CSc1cc(c3ccccc3c1)OCCCc1c(C(=O)O)n(C)c3c(c(Cl)ccc13)-c1c(nn3c1CCC3)COC2. The molecule has 2 aliphatic heterocycles. The summed E-state index contributed by atoms with van der Waals surface area (Å²) in [7, 11) is 3.78. The number of thioether (sulfide) groups is 1. The average molecular weight is 668 g/mol. The fraction of sp³-hybridized carbons (Fsp3) is 0.306. The van der Waals surface area contributed by atoms with Gasteiger partial charge in [-0.15, -0.1) is 11.8 Å². The number of nitrogens with zero attached hydrogens (tertiary/aromatic N) is 5. The summed E-state index contributed by atoms with van der Waals surface area (Å²) in [5.41, 5.74) is 7.45. The molecular formula is C36H34ClN5O4S. The molecule has 0 unspecified atom stereocenters. The topological polar surface area (TPSA) is 96.3 Å². The zero-order valence-corrected chi connectivity index (χ0v) is 27.8. The van der Waals surface area contributed by atoms with Crippen molar-refractivity contribution in [2.45, 2.75) is 56.1 Å². The fourth-order valence-electron chi connectivity index (χ4n) is 7.21. The maximum absolute atomic E-state index is 12.8. The molecule has 1 N–H and O–H groups in total. The smallest absolute Gasteiger partial charge is 0.352 e. The van der Waals surface area contributed by atoms with Gasteiger partial charge >= 0.3 is 5.97 Å². The van der Waals surface area contributed by atoms with Crippen LogP contribution in [0.1, 0.15) is 51.7 Å². The highest BCUT2D eigenvalue weighted by Gasteiger charge is 2.30. The van der Waals surface area contributed by atoms with Gasteiger partial charge in [0.1, 0.15) is 11.4 Å². The molecule has 0 saturated carbocycles. The van der Waals surface area contributed by atoms with Gasteiger partial charge in [-0.25, -0.2) is 4.79 Å². The van der Waals surface area contributed by atoms with Gasteiger partial charge in [0.05, 0.1) is 41.7 Å². The number of carbonyl (C=O) groups is 1. The number of aryl methyl sites for hydroxylation is 4. The number of aromatic carboxylic acids is 1. The summed E-state index contributed by atoms with van der Waals surface area (Å²) in [5.74, 6) is 0.601. The van der Waals surface area contributed by atoms with Crippen LogP contribution in [0, 0.1) is 0 Å². The van der Waals surface area contributed by atoms with Crippen LogP contribution in [0.15, 0.2) is 59.5 Å². The standard InChI is InChI=1S/C36H34ClN5O4S/c1-40-34-27-11-12-28(37)32(34)33-29(39-42-13-5-10-30(33)42)19-45-18-22-16-23(41(2)38-22)20-47-24-15-21-7-3-4-8-25(21)31(17-24)46-14-6-9-26(27)35(40)36(43)44/h3-4,7-8,11-12,15-17H,5-6,9-10,13-14,18-20H2,1-2H3,(H,43,44). The second kappa shape index (κ2) is 12.1. The van der Waals surface area contributed by atoms with Gasteiger partial charge in [-0.05, 0) is 60.9 Å². The second-order valence-corrected chi connectivity index (χ2v) is 13.7. The first-order valence-corrected chi connectivity index (χ1v) is 17.2. The summed E-state index contributed by atoms with van der Waals surface area (Å²) >= 11 is 8.76. The van der Waals surface area contributed by atoms with Crippen LogP contribution in [0.4, 0.5) is 0 Å². The predicted octanol–water partition coefficient (Wildman–Crippen LogP) is 7.56. The van der Waals surface area contributed by atoms with E-state index in [2.05, 4.69) is 35.0 Å². The van der Waals surface area contributed by atoms with Crippen molar-refractivity contribution in [2.24, 2.45) is 14.1 Å². The van der Waals surface area contributed by atoms with Gasteiger partial charge in [-0.2, -0.15) is 10.2 Å². The molecule has 11 heteroatoms. The molecule has 240 valence electrons. The van der Waals surface area contributed by atoms with E-state index >= 15 is 0 Å². The van der Waals surface area contributed by atoms with Crippen LogP contribution in [0.5, 0.6) is 5.75 Å². The summed E-state index contributed by atoms with van der Waals surface area (Å²) in [4.78, 5) is 13.9. The zero-order chi connectivity index (χ0) is 32.2. The normalized spacial score (nSPS) is 15.4. The Kier molecular flexibility index (Phi) is 7.74. The van der Waals surface area contributed by atoms with Crippen LogP contribution < -0.4 is 4.74 Å². The summed E-state index contributed by atoms with van der Waals surface area (Å²) in [5, 5.41) is 23.8. The van der Waals surface area contributed by atoms with Crippen molar-refractivity contribution in [1.82, 2.24) is 24.1 Å². The van der Waals surface area contributed by atoms with Gasteiger partial charge in [-0.1, -0.05) is 41.9 Å². The third kappa shape index (κ3) is 5.28. The van der Waals surface area contributed by atoms with E-state index in [4.69, 9.17) is 31.3 Å². The van der Waals surface area contributed by atoms with Crippen LogP contribution in [-0.2, 0) is 57.2 Å². The van der Waals surface area contributed by atoms with Crippen molar-refractivity contribution in [3.05, 3.63) is 93.7 Å². The quantitative estimate of drug-likeness (QED) is 0.193. The van der Waals surface area contributed by atoms with Crippen molar-refractivity contribution in [3.63, 3.8) is 0 Å². The van der Waals surface area contributed by atoms with Crippen LogP contribution in [0.3, 0.4) is 0 Å². The molecule has 0 fully saturated rings. The number of rotatable bonds is 1. The molecule has 5 heterocycles. The lowest BCUT2D eigenvalue weighted by atomic mass is 9.97. The Morgan fingerprint density at radius 1 is 0.979 bits per heavy atom. The van der Waals surface area contributed by atoms with E-state index < -0.39 is 5.97 Å². The number of hydrogen-bond acceptors (Lipinski definition) is 6. The molecule has 0 spiro atoms. The summed E-state index contributed by atoms with van der Waals surface area (Å²) in [6, 6.07) is 18.5. The van der Waals surface area contributed by atoms with Gasteiger partial charge in [0.25, 0.3) is 0 Å². The van der Waals surface area contributed by atoms with Crippen LogP contribution in [0.2, 0.25) is 5.02 Å². The maximum atomic E-state index is 12.8. The minimum atomic E-state index is -0.967. The Morgan fingerprint density at radius 3 is 2.72 bits per heavy atom. The van der Waals surface area contributed by atoms with Crippen molar-refractivity contribution in [1.29, 1.82) is 0 Å². The molecule has 6 aromatic rings. The molecule has 0 radical (unpaired) electrons. The molecule has 47 heavy (non-hydrogen) atoms. The molecule has 0 saturated heterocycles. The number of hydrogen-bond donors (Lipinski definition) is 1. The molecule has 0 aliphatic carbocycles. The molecular weight excluding hydrogens is 634 g/mol. The van der Waals surface area contributed by atoms with E-state index in [1.54, 1.807) is 16.3 Å². The molecule has 3 aromatic carbocycles. The minimum absolute atomic E-state index is 0.266. The highest BCUT2D eigenvalue weighted by molar-refractivity contribution is 7.98. The fourth-order valence-corrected chi connectivity index (χ4v) is 8.44. The molecule has 2 aliphatic rings. The summed E-state index contributed by atoms with van der Waals surface area (Å²) in [6.45, 7) is 1.89. The lowest BCUT2D eigenvalue weighted by molar-refractivity contribution is 0.0685. The van der Waals surface area contributed by atoms with Crippen LogP contribution >= 0.6 is 23.4 Å². The van der Waals surface area contributed by atoms with Crippen molar-refractivity contribution < 1.29 is 19.4 Å². The number of aromatic nitrogens is 5. The first-order chi connectivity index (χ1) is 22.9. The van der Waals surface area contributed by atoms with Crippen molar-refractivity contribution in [2.75, 3.05) is 6.61 Å². The zero-order valence-electron chi connectivity index (χ0n) is 26.3. The number of halogens is 1. The van der Waals surface area contributed by atoms with Crippen LogP contribution in [0.25, 0.3) is 32.8 Å². The second-order valence-electron chi connectivity index (χ2n) is 12.2. The Hall–Kier alpha value is -4.25. The van der Waals surface area contributed by atoms with Gasteiger partial charge in [0.15, 0.2) is 0 Å². The molecule has 3 aromatic heterocycles. The Bertz CT molecular complexity index is 2200. The number of benzene rings is 3. The summed E-state index contributed by atoms with van der Waals surface area (Å²) in [6.07, 6.45) is 3.04. The average Bonchev–Trinajstić information content (AvgIpc) is 3.80. The molecule has 9 nitrogen and oxygen atoms in total. The highest BCUT2D eigenvalue weighted by atomic mass is 35.5. The molecule has 8 bridgehead atoms. The van der Waals surface area contributed by atoms with Gasteiger partial charge in [0.2, 0.25) is 0 Å². The Morgan fingerprint density at radius 2 is 1.85 bits per heavy atom. The Labute approximate surface area is 281 Å². The third-order valence-electron chi connectivity index (χ3n) is 9.30. The van der Waals surface area contributed by atoms with E-state index in [9.17, 15) is 9.90 Å². The molecule has 8 rings (SSSR count). The number of carboxylic acids is 1. The summed E-state index contributed by atoms with van der Waals surface area (Å²) < 4.78 is 18.5. The van der Waals surface area contributed by atoms with Gasteiger partial charge < -0.3 is 19.1 Å². The van der Waals surface area contributed by atoms with Crippen molar-refractivity contribution >= 4 is 51.0 Å². The van der Waals surface area contributed by atoms with Gasteiger partial charge in [-0.3, -0.25) is 9.36 Å². The predicted molar refractivity (Wildman–Crippen MR) is 183 cm³/mol. The van der Waals surface area contributed by atoms with E-state index in [-0.39, 0.29) is 12.3 Å². The lowest BCUT2D eigenvalue weighted by Crippen LogP contribution is -2.09. The minimum Gasteiger partial charge on any atom is -0.493 e. The van der Waals surface area contributed by atoms with E-state index in [1.165, 1.54) is 0 Å². The third-order valence-corrected chi connectivity index (χ3v) is 10.6. The van der Waals surface area contributed by atoms with Crippen LogP contribution in [-0.4, -0.2) is 41.8 Å². The Balaban J connectivity index is 1.26. The number of carboxylic acid groups (broad SMARTS) is 1. The molecule has 0 amide bonds. The number of ether oxygens (including phenoxy) is 2. The maximum Gasteiger partial charge on any atom is 0.352 e. The van der Waals surface area contributed by atoms with E-state index in [0.717, 1.165) is 96.9 Å². The largest absolute Gasteiger partial charge is 0.493 e. The van der Waals surface area contributed by atoms with Gasteiger partial charge in [0, 0.05) is 64.6 Å². The molecule has 0 atom stereocenters. The van der Waals surface area contributed by atoms with Crippen molar-refractivity contribution in [3.8, 4) is 16.9 Å².